The fraction of sp³-hybridized carbons (Fsp3) is 0. The predicted octanol–water partition coefficient (Wildman–Crippen LogP) is 21.2. The van der Waals surface area contributed by atoms with Crippen molar-refractivity contribution >= 4 is 138 Å². The molecule has 79 heavy (non-hydrogen) atoms. The van der Waals surface area contributed by atoms with Gasteiger partial charge in [0.2, 0.25) is 0 Å². The van der Waals surface area contributed by atoms with E-state index in [0.29, 0.717) is 0 Å². The van der Waals surface area contributed by atoms with Crippen LogP contribution >= 0.6 is 0 Å². The number of benzene rings is 13. The summed E-state index contributed by atoms with van der Waals surface area (Å²) < 4.78 is 15.7. The van der Waals surface area contributed by atoms with Gasteiger partial charge >= 0.3 is 0 Å². The number of fused-ring (bicyclic) bond motifs is 14. The van der Waals surface area contributed by atoms with Gasteiger partial charge in [0.25, 0.3) is 0 Å². The minimum atomic E-state index is 0.870. The molecule has 17 rings (SSSR count). The van der Waals surface area contributed by atoms with E-state index >= 15 is 0 Å². The highest BCUT2D eigenvalue weighted by atomic mass is 16.3. The summed E-state index contributed by atoms with van der Waals surface area (Å²) in [5.41, 5.74) is 18.1. The van der Waals surface area contributed by atoms with Crippen molar-refractivity contribution in [2.45, 2.75) is 0 Å². The highest BCUT2D eigenvalue weighted by Crippen LogP contribution is 2.46. The summed E-state index contributed by atoms with van der Waals surface area (Å²) in [5.74, 6) is 0. The minimum Gasteiger partial charge on any atom is -0.454 e. The van der Waals surface area contributed by atoms with Crippen molar-refractivity contribution in [1.29, 1.82) is 0 Å². The van der Waals surface area contributed by atoms with Gasteiger partial charge in [0.15, 0.2) is 11.2 Å². The third-order valence-corrected chi connectivity index (χ3v) is 16.4. The second kappa shape index (κ2) is 16.9. The van der Waals surface area contributed by atoms with E-state index < -0.39 is 0 Å². The van der Waals surface area contributed by atoms with Crippen molar-refractivity contribution in [2.24, 2.45) is 0 Å². The average Bonchev–Trinajstić information content (AvgIpc) is 4.30. The zero-order chi connectivity index (χ0) is 51.7. The lowest BCUT2D eigenvalue weighted by atomic mass is 9.98. The molecule has 5 nitrogen and oxygen atoms in total. The van der Waals surface area contributed by atoms with Gasteiger partial charge < -0.3 is 23.0 Å². The first kappa shape index (κ1) is 43.6. The standard InChI is InChI=1S/C74H45N3O2/c1-3-14-54(15-4-1)75(66-24-12-22-62-58-18-7-9-26-70(58)78-73(62)66)56-36-32-46(33-37-56)48-28-30-50-42-64-60-20-11-21-61-65-43-51-31-29-49(41-53(51)45-69(65)77(72(60)61)68(64)44-52(50)40-48)47-34-38-57(39-35-47)76(55-16-5-2-6-17-55)67-25-13-23-63-59-19-8-10-27-71(59)79-74(63)67/h1-45H. The lowest BCUT2D eigenvalue weighted by Crippen LogP contribution is -2.10. The molecule has 0 atom stereocenters. The van der Waals surface area contributed by atoms with Crippen LogP contribution in [0.3, 0.4) is 0 Å². The van der Waals surface area contributed by atoms with Gasteiger partial charge in [-0.15, -0.1) is 0 Å². The van der Waals surface area contributed by atoms with Crippen LogP contribution in [0, 0.1) is 0 Å². The quantitative estimate of drug-likeness (QED) is 0.152. The van der Waals surface area contributed by atoms with Gasteiger partial charge in [-0.2, -0.15) is 0 Å². The van der Waals surface area contributed by atoms with Crippen LogP contribution in [-0.2, 0) is 0 Å². The number of para-hydroxylation sites is 7. The van der Waals surface area contributed by atoms with E-state index in [1.165, 1.54) is 70.8 Å². The maximum Gasteiger partial charge on any atom is 0.159 e. The Morgan fingerprint density at radius 1 is 0.253 bits per heavy atom. The van der Waals surface area contributed by atoms with Gasteiger partial charge in [0, 0.05) is 65.8 Å². The second-order valence-electron chi connectivity index (χ2n) is 20.8. The van der Waals surface area contributed by atoms with E-state index in [4.69, 9.17) is 8.83 Å². The molecule has 0 aliphatic carbocycles. The number of furan rings is 2. The van der Waals surface area contributed by atoms with Crippen molar-refractivity contribution < 1.29 is 8.83 Å². The molecule has 13 aromatic carbocycles. The van der Waals surface area contributed by atoms with Gasteiger partial charge in [0.05, 0.1) is 27.9 Å². The zero-order valence-electron chi connectivity index (χ0n) is 42.6. The predicted molar refractivity (Wildman–Crippen MR) is 331 cm³/mol. The van der Waals surface area contributed by atoms with Crippen molar-refractivity contribution in [3.8, 4) is 22.3 Å². The Kier molecular flexibility index (Phi) is 9.35. The number of aromatic nitrogens is 1. The first-order chi connectivity index (χ1) is 39.1. The molecule has 4 aromatic heterocycles. The topological polar surface area (TPSA) is 37.2 Å². The molecule has 0 aliphatic heterocycles. The zero-order valence-corrected chi connectivity index (χ0v) is 42.6. The Hall–Kier alpha value is -10.6. The Bertz CT molecular complexity index is 4920. The fourth-order valence-corrected chi connectivity index (χ4v) is 12.8. The van der Waals surface area contributed by atoms with Crippen LogP contribution in [0.1, 0.15) is 0 Å². The lowest BCUT2D eigenvalue weighted by Gasteiger charge is -2.25. The van der Waals surface area contributed by atoms with E-state index in [0.717, 1.165) is 89.1 Å². The van der Waals surface area contributed by atoms with Crippen molar-refractivity contribution in [1.82, 2.24) is 4.40 Å². The smallest absolute Gasteiger partial charge is 0.159 e. The molecule has 0 saturated heterocycles. The molecule has 0 spiro atoms. The van der Waals surface area contributed by atoms with Crippen molar-refractivity contribution in [2.75, 3.05) is 9.80 Å². The average molecular weight is 1010 g/mol. The van der Waals surface area contributed by atoms with Crippen LogP contribution < -0.4 is 9.80 Å². The van der Waals surface area contributed by atoms with Gasteiger partial charge in [-0.25, -0.2) is 0 Å². The molecule has 0 aliphatic rings. The molecular formula is C74H45N3O2. The molecule has 0 bridgehead atoms. The lowest BCUT2D eigenvalue weighted by molar-refractivity contribution is 0.668. The molecule has 5 heteroatoms. The van der Waals surface area contributed by atoms with Crippen LogP contribution in [0.15, 0.2) is 282 Å². The maximum atomic E-state index is 6.57. The fourth-order valence-electron chi connectivity index (χ4n) is 12.8. The number of hydrogen-bond donors (Lipinski definition) is 0. The molecule has 4 heterocycles. The molecule has 0 radical (unpaired) electrons. The molecular weight excluding hydrogens is 963 g/mol. The third kappa shape index (κ3) is 6.70. The number of rotatable bonds is 8. The molecule has 368 valence electrons. The molecule has 0 fully saturated rings. The summed E-state index contributed by atoms with van der Waals surface area (Å²) in [7, 11) is 0. The van der Waals surface area contributed by atoms with Crippen LogP contribution in [0.2, 0.25) is 0 Å². The van der Waals surface area contributed by atoms with Gasteiger partial charge in [0.1, 0.15) is 11.2 Å². The first-order valence-electron chi connectivity index (χ1n) is 27.0. The summed E-state index contributed by atoms with van der Waals surface area (Å²) in [6, 6.07) is 98.6. The maximum absolute atomic E-state index is 6.57. The summed E-state index contributed by atoms with van der Waals surface area (Å²) in [6.45, 7) is 0. The minimum absolute atomic E-state index is 0.870. The van der Waals surface area contributed by atoms with Crippen LogP contribution in [0.25, 0.3) is 126 Å². The summed E-state index contributed by atoms with van der Waals surface area (Å²) in [4.78, 5) is 4.59. The van der Waals surface area contributed by atoms with E-state index in [9.17, 15) is 0 Å². The van der Waals surface area contributed by atoms with Crippen molar-refractivity contribution in [3.05, 3.63) is 273 Å². The van der Waals surface area contributed by atoms with Gasteiger partial charge in [-0.05, 0) is 153 Å². The van der Waals surface area contributed by atoms with Crippen LogP contribution in [0.5, 0.6) is 0 Å². The monoisotopic (exact) mass is 1010 g/mol. The van der Waals surface area contributed by atoms with Gasteiger partial charge in [-0.1, -0.05) is 164 Å². The second-order valence-corrected chi connectivity index (χ2v) is 20.8. The molecule has 0 N–H and O–H groups in total. The van der Waals surface area contributed by atoms with E-state index in [1.807, 2.05) is 24.3 Å². The normalized spacial score (nSPS) is 12.1. The number of anilines is 6. The molecule has 0 amide bonds. The van der Waals surface area contributed by atoms with E-state index in [2.05, 4.69) is 263 Å². The largest absolute Gasteiger partial charge is 0.454 e. The third-order valence-electron chi connectivity index (χ3n) is 16.4. The van der Waals surface area contributed by atoms with Crippen molar-refractivity contribution in [3.63, 3.8) is 0 Å². The highest BCUT2D eigenvalue weighted by molar-refractivity contribution is 6.26. The van der Waals surface area contributed by atoms with Gasteiger partial charge in [-0.3, -0.25) is 0 Å². The molecule has 17 aromatic rings. The number of nitrogens with zero attached hydrogens (tertiary/aromatic N) is 3. The van der Waals surface area contributed by atoms with E-state index in [1.54, 1.807) is 0 Å². The highest BCUT2D eigenvalue weighted by Gasteiger charge is 2.23. The Balaban J connectivity index is 0.741. The van der Waals surface area contributed by atoms with Crippen LogP contribution in [0.4, 0.5) is 34.1 Å². The summed E-state index contributed by atoms with van der Waals surface area (Å²) >= 11 is 0. The van der Waals surface area contributed by atoms with E-state index in [-0.39, 0.29) is 0 Å². The first-order valence-corrected chi connectivity index (χ1v) is 27.0. The Morgan fingerprint density at radius 3 is 1.10 bits per heavy atom. The SMILES string of the molecule is c1ccc(N(c2ccc(-c3ccc4cc5c6cccc7c8cc9ccc(-c%10ccc(N(c%11ccccc%11)c%11cccc%12c%11oc%11ccccc%11%12)cc%10)cc9cc8n(c5cc4c3)c67)cc2)c2cccc3c2oc2ccccc23)cc1. The molecule has 0 unspecified atom stereocenters. The molecule has 0 saturated carbocycles. The summed E-state index contributed by atoms with van der Waals surface area (Å²) in [5, 5.41) is 14.4. The van der Waals surface area contributed by atoms with Crippen LogP contribution in [-0.4, -0.2) is 4.40 Å². The number of hydrogen-bond acceptors (Lipinski definition) is 4. The Morgan fingerprint density at radius 2 is 0.633 bits per heavy atom. The Labute approximate surface area is 453 Å². The summed E-state index contributed by atoms with van der Waals surface area (Å²) in [6.07, 6.45) is 0.